The molecule has 1 saturated carbocycles. The number of nitrogens with two attached hydrogens (primary N) is 1. The second kappa shape index (κ2) is 7.15. The third-order valence-electron chi connectivity index (χ3n) is 4.19. The van der Waals surface area contributed by atoms with Crippen molar-refractivity contribution in [3.05, 3.63) is 36.3 Å². The molecule has 2 aliphatic rings. The zero-order valence-corrected chi connectivity index (χ0v) is 14.0. The monoisotopic (exact) mass is 387 g/mol. The van der Waals surface area contributed by atoms with Crippen molar-refractivity contribution in [2.24, 2.45) is 26.6 Å². The molecule has 0 amide bonds. The van der Waals surface area contributed by atoms with Gasteiger partial charge in [-0.15, -0.1) is 6.58 Å². The first kappa shape index (κ1) is 15.4. The predicted molar refractivity (Wildman–Crippen MR) is 90.7 cm³/mol. The summed E-state index contributed by atoms with van der Waals surface area (Å²) in [7, 11) is 1.74. The van der Waals surface area contributed by atoms with Crippen molar-refractivity contribution < 1.29 is 3.07 Å². The van der Waals surface area contributed by atoms with E-state index in [0.717, 1.165) is 12.8 Å². The number of halogens is 1. The Morgan fingerprint density at radius 2 is 2.15 bits per heavy atom. The summed E-state index contributed by atoms with van der Waals surface area (Å²) < 4.78 is 9.54. The maximum atomic E-state index is 8.30. The highest BCUT2D eigenvalue weighted by molar-refractivity contribution is 14.1. The molecule has 0 aliphatic heterocycles. The number of hydrogen-bond donors (Lipinski definition) is 2. The van der Waals surface area contributed by atoms with Crippen LogP contribution in [0.5, 0.6) is 0 Å². The van der Waals surface area contributed by atoms with Crippen molar-refractivity contribution in [1.29, 1.82) is 5.41 Å². The predicted octanol–water partition coefficient (Wildman–Crippen LogP) is 4.07. The van der Waals surface area contributed by atoms with Gasteiger partial charge in [0.15, 0.2) is 5.76 Å². The SMILES string of the molecule is C=CC1CCC(C2C=CC(OI=NC)=C(N)C2=N)CC1. The van der Waals surface area contributed by atoms with Crippen LogP contribution in [0.15, 0.2) is 39.4 Å². The van der Waals surface area contributed by atoms with Gasteiger partial charge in [0.25, 0.3) is 0 Å². The lowest BCUT2D eigenvalue weighted by Gasteiger charge is -2.33. The highest BCUT2D eigenvalue weighted by Crippen LogP contribution is 2.37. The van der Waals surface area contributed by atoms with E-state index in [-0.39, 0.29) is 5.92 Å². The average molecular weight is 387 g/mol. The molecule has 1 atom stereocenters. The van der Waals surface area contributed by atoms with Gasteiger partial charge in [-0.2, -0.15) is 0 Å². The van der Waals surface area contributed by atoms with Crippen molar-refractivity contribution in [1.82, 2.24) is 0 Å². The van der Waals surface area contributed by atoms with Gasteiger partial charge in [0.05, 0.1) is 11.4 Å². The van der Waals surface area contributed by atoms with Crippen LogP contribution in [0.4, 0.5) is 0 Å². The lowest BCUT2D eigenvalue weighted by molar-refractivity contribution is 0.286. The van der Waals surface area contributed by atoms with Crippen LogP contribution in [0.3, 0.4) is 0 Å². The van der Waals surface area contributed by atoms with Crippen LogP contribution in [0, 0.1) is 23.2 Å². The van der Waals surface area contributed by atoms with Crippen LogP contribution in [0.25, 0.3) is 0 Å². The van der Waals surface area contributed by atoms with Gasteiger partial charge >= 0.3 is 0 Å². The summed E-state index contributed by atoms with van der Waals surface area (Å²) >= 11 is -0.654. The standard InChI is InChI=1S/C15H22IN3O/c1-3-10-4-6-11(7-5-10)12-8-9-13(20-16-19-2)15(18)14(12)17/h3,8-12,17H,1,4-7,18H2,2H3. The van der Waals surface area contributed by atoms with Gasteiger partial charge in [-0.25, -0.2) is 3.15 Å². The van der Waals surface area contributed by atoms with E-state index in [2.05, 4.69) is 21.9 Å². The Hall–Kier alpha value is -0.980. The highest BCUT2D eigenvalue weighted by atomic mass is 127. The number of hydrogen-bond acceptors (Lipinski definition) is 4. The third kappa shape index (κ3) is 3.37. The van der Waals surface area contributed by atoms with Crippen LogP contribution in [-0.4, -0.2) is 12.8 Å². The van der Waals surface area contributed by atoms with Crippen LogP contribution in [-0.2, 0) is 3.07 Å². The molecular formula is C15H22IN3O. The van der Waals surface area contributed by atoms with Gasteiger partial charge in [0.1, 0.15) is 0 Å². The Bertz CT molecular complexity index is 474. The van der Waals surface area contributed by atoms with Crippen molar-refractivity contribution in [3.63, 3.8) is 0 Å². The van der Waals surface area contributed by atoms with E-state index in [1.165, 1.54) is 12.8 Å². The fourth-order valence-corrected chi connectivity index (χ4v) is 3.75. The summed E-state index contributed by atoms with van der Waals surface area (Å²) in [5, 5.41) is 8.30. The second-order valence-electron chi connectivity index (χ2n) is 5.30. The number of allylic oxidation sites excluding steroid dienone is 4. The van der Waals surface area contributed by atoms with E-state index in [1.54, 1.807) is 7.05 Å². The molecule has 0 saturated heterocycles. The minimum atomic E-state index is -0.654. The normalized spacial score (nSPS) is 31.2. The van der Waals surface area contributed by atoms with Gasteiger partial charge in [-0.3, -0.25) is 0 Å². The largest absolute Gasteiger partial charge is 0.418 e. The molecule has 1 fully saturated rings. The maximum absolute atomic E-state index is 8.30. The molecule has 5 heteroatoms. The van der Waals surface area contributed by atoms with Crippen molar-refractivity contribution in [3.8, 4) is 0 Å². The molecule has 110 valence electrons. The first-order valence-corrected chi connectivity index (χ1v) is 8.81. The second-order valence-corrected chi connectivity index (χ2v) is 7.10. The quantitative estimate of drug-likeness (QED) is 0.564. The molecule has 0 bridgehead atoms. The first-order valence-electron chi connectivity index (χ1n) is 6.97. The molecular weight excluding hydrogens is 365 g/mol. The molecule has 0 aromatic carbocycles. The number of nitrogens with one attached hydrogen (secondary N) is 1. The molecule has 2 rings (SSSR count). The molecule has 0 spiro atoms. The Morgan fingerprint density at radius 1 is 1.45 bits per heavy atom. The number of nitrogens with zero attached hydrogens (tertiary/aromatic N) is 1. The lowest BCUT2D eigenvalue weighted by atomic mass is 9.73. The van der Waals surface area contributed by atoms with Crippen molar-refractivity contribution in [2.75, 3.05) is 7.05 Å². The summed E-state index contributed by atoms with van der Waals surface area (Å²) in [5.41, 5.74) is 7.06. The molecule has 20 heavy (non-hydrogen) atoms. The van der Waals surface area contributed by atoms with E-state index in [4.69, 9.17) is 14.2 Å². The van der Waals surface area contributed by atoms with Crippen molar-refractivity contribution in [2.45, 2.75) is 25.7 Å². The molecule has 0 heterocycles. The molecule has 4 nitrogen and oxygen atoms in total. The van der Waals surface area contributed by atoms with Gasteiger partial charge in [-0.05, 0) is 43.6 Å². The van der Waals surface area contributed by atoms with E-state index in [9.17, 15) is 0 Å². The van der Waals surface area contributed by atoms with Gasteiger partial charge in [-0.1, -0.05) is 12.2 Å². The van der Waals surface area contributed by atoms with Crippen LogP contribution in [0.2, 0.25) is 0 Å². The Labute approximate surface area is 131 Å². The minimum Gasteiger partial charge on any atom is -0.418 e. The summed E-state index contributed by atoms with van der Waals surface area (Å²) in [4.78, 5) is 0. The highest BCUT2D eigenvalue weighted by Gasteiger charge is 2.31. The molecule has 3 N–H and O–H groups in total. The lowest BCUT2D eigenvalue weighted by Crippen LogP contribution is -2.31. The first-order chi connectivity index (χ1) is 9.67. The Balaban J connectivity index is 2.03. The van der Waals surface area contributed by atoms with Crippen LogP contribution >= 0.6 is 21.4 Å². The molecule has 1 unspecified atom stereocenters. The fourth-order valence-electron chi connectivity index (χ4n) is 2.96. The van der Waals surface area contributed by atoms with Crippen LogP contribution < -0.4 is 5.73 Å². The summed E-state index contributed by atoms with van der Waals surface area (Å²) in [6.45, 7) is 3.88. The third-order valence-corrected chi connectivity index (χ3v) is 5.25. The van der Waals surface area contributed by atoms with Gasteiger partial charge in [0, 0.05) is 13.0 Å². The minimum absolute atomic E-state index is 0.143. The summed E-state index contributed by atoms with van der Waals surface area (Å²) in [6, 6.07) is 0. The van der Waals surface area contributed by atoms with E-state index >= 15 is 0 Å². The van der Waals surface area contributed by atoms with E-state index < -0.39 is 21.4 Å². The maximum Gasteiger partial charge on any atom is 0.232 e. The summed E-state index contributed by atoms with van der Waals surface area (Å²) in [5.74, 6) is 1.95. The molecule has 0 aromatic heterocycles. The van der Waals surface area contributed by atoms with Gasteiger partial charge < -0.3 is 14.2 Å². The Kier molecular flexibility index (Phi) is 5.51. The smallest absolute Gasteiger partial charge is 0.232 e. The van der Waals surface area contributed by atoms with Crippen LogP contribution in [0.1, 0.15) is 25.7 Å². The average Bonchev–Trinajstić information content (AvgIpc) is 2.49. The summed E-state index contributed by atoms with van der Waals surface area (Å²) in [6.07, 6.45) is 10.7. The zero-order valence-electron chi connectivity index (χ0n) is 11.8. The molecule has 2 aliphatic carbocycles. The van der Waals surface area contributed by atoms with Gasteiger partial charge in [0.2, 0.25) is 21.4 Å². The molecule has 0 aromatic rings. The van der Waals surface area contributed by atoms with Crippen molar-refractivity contribution >= 4 is 27.2 Å². The topological polar surface area (TPSA) is 71.5 Å². The zero-order chi connectivity index (χ0) is 14.5. The fraction of sp³-hybridized carbons (Fsp3) is 0.533. The van der Waals surface area contributed by atoms with E-state index in [0.29, 0.717) is 29.0 Å². The molecule has 0 radical (unpaired) electrons. The van der Waals surface area contributed by atoms with E-state index in [1.807, 2.05) is 6.08 Å². The number of rotatable bonds is 4. The Morgan fingerprint density at radius 3 is 2.75 bits per heavy atom.